The van der Waals surface area contributed by atoms with Gasteiger partial charge in [0.2, 0.25) is 6.71 Å². The van der Waals surface area contributed by atoms with E-state index in [1.165, 1.54) is 16.6 Å². The fourth-order valence-corrected chi connectivity index (χ4v) is 2.19. The minimum atomic E-state index is 0.378. The Morgan fingerprint density at radius 3 is 1.71 bits per heavy atom. The number of fused-ring (bicyclic) bond motifs is 1. The summed E-state index contributed by atoms with van der Waals surface area (Å²) in [5.74, 6) is 4.52. The van der Waals surface area contributed by atoms with Crippen LogP contribution in [0.25, 0.3) is 12.2 Å². The zero-order valence-electron chi connectivity index (χ0n) is 9.58. The first-order valence-corrected chi connectivity index (χ1v) is 5.94. The number of hydrogen-bond donors (Lipinski definition) is 0. The zero-order chi connectivity index (χ0) is 11.5. The Bertz CT molecular complexity index is 534. The van der Waals surface area contributed by atoms with E-state index in [0.717, 1.165) is 0 Å². The molecule has 1 heteroatoms. The predicted molar refractivity (Wildman–Crippen MR) is 76.3 cm³/mol. The van der Waals surface area contributed by atoms with Crippen LogP contribution in [0.3, 0.4) is 0 Å². The van der Waals surface area contributed by atoms with Crippen molar-refractivity contribution in [1.82, 2.24) is 0 Å². The molecule has 3 rings (SSSR count). The van der Waals surface area contributed by atoms with Gasteiger partial charge in [0.1, 0.15) is 0 Å². The topological polar surface area (TPSA) is 0 Å². The van der Waals surface area contributed by atoms with Crippen molar-refractivity contribution in [3.05, 3.63) is 77.7 Å². The summed E-state index contributed by atoms with van der Waals surface area (Å²) in [6, 6.07) is 19.1. The van der Waals surface area contributed by atoms with E-state index in [4.69, 9.17) is 0 Å². The Morgan fingerprint density at radius 2 is 1.12 bits per heavy atom. The van der Waals surface area contributed by atoms with Gasteiger partial charge in [-0.05, 0) is 11.1 Å². The molecule has 1 aliphatic rings. The van der Waals surface area contributed by atoms with Crippen molar-refractivity contribution in [2.24, 2.45) is 0 Å². The lowest BCUT2D eigenvalue weighted by molar-refractivity contribution is 1.62. The molecule has 17 heavy (non-hydrogen) atoms. The first-order valence-electron chi connectivity index (χ1n) is 5.94. The first-order chi connectivity index (χ1) is 8.43. The second kappa shape index (κ2) is 4.46. The van der Waals surface area contributed by atoms with E-state index in [-0.39, 0.29) is 0 Å². The molecule has 0 fully saturated rings. The minimum Gasteiger partial charge on any atom is -0.105 e. The van der Waals surface area contributed by atoms with Gasteiger partial charge in [-0.15, -0.1) is 12.0 Å². The third kappa shape index (κ3) is 2.09. The Kier molecular flexibility index (Phi) is 2.67. The number of benzene rings is 2. The number of hydrogen-bond acceptors (Lipinski definition) is 0. The molecular formula is C16H13B. The third-order valence-electron chi connectivity index (χ3n) is 3.15. The van der Waals surface area contributed by atoms with E-state index >= 15 is 0 Å². The summed E-state index contributed by atoms with van der Waals surface area (Å²) in [6.07, 6.45) is 4.43. The van der Waals surface area contributed by atoms with E-state index < -0.39 is 0 Å². The first kappa shape index (κ1) is 10.2. The second-order valence-corrected chi connectivity index (χ2v) is 4.28. The van der Waals surface area contributed by atoms with Crippen LogP contribution in [-0.4, -0.2) is 6.71 Å². The second-order valence-electron chi connectivity index (χ2n) is 4.28. The van der Waals surface area contributed by atoms with Crippen molar-refractivity contribution < 1.29 is 0 Å². The van der Waals surface area contributed by atoms with E-state index in [1.807, 2.05) is 0 Å². The fourth-order valence-electron chi connectivity index (χ4n) is 2.19. The van der Waals surface area contributed by atoms with Crippen LogP contribution in [-0.2, 0) is 0 Å². The van der Waals surface area contributed by atoms with E-state index in [9.17, 15) is 0 Å². The van der Waals surface area contributed by atoms with E-state index in [0.29, 0.717) is 6.71 Å². The minimum absolute atomic E-state index is 0.378. The highest BCUT2D eigenvalue weighted by Crippen LogP contribution is 2.16. The Labute approximate surface area is 102 Å². The highest BCUT2D eigenvalue weighted by atomic mass is 14.0. The summed E-state index contributed by atoms with van der Waals surface area (Å²) in [6.45, 7) is 0.378. The van der Waals surface area contributed by atoms with Gasteiger partial charge in [-0.25, -0.2) is 0 Å². The predicted octanol–water partition coefficient (Wildman–Crippen LogP) is 3.21. The van der Waals surface area contributed by atoms with Gasteiger partial charge in [0.15, 0.2) is 0 Å². The normalized spacial score (nSPS) is 13.3. The summed E-state index contributed by atoms with van der Waals surface area (Å²) in [4.78, 5) is 0. The van der Waals surface area contributed by atoms with Crippen LogP contribution in [0.4, 0.5) is 0 Å². The van der Waals surface area contributed by atoms with Gasteiger partial charge >= 0.3 is 0 Å². The maximum absolute atomic E-state index is 2.26. The van der Waals surface area contributed by atoms with Gasteiger partial charge < -0.3 is 0 Å². The summed E-state index contributed by atoms with van der Waals surface area (Å²) < 4.78 is 0. The van der Waals surface area contributed by atoms with Gasteiger partial charge in [0.25, 0.3) is 0 Å². The molecule has 0 unspecified atom stereocenters. The number of rotatable bonds is 1. The lowest BCUT2D eigenvalue weighted by Gasteiger charge is -2.02. The van der Waals surface area contributed by atoms with Crippen LogP contribution in [0.2, 0.25) is 0 Å². The summed E-state index contributed by atoms with van der Waals surface area (Å²) in [7, 11) is 0. The monoisotopic (exact) mass is 216 g/mol. The molecule has 0 bridgehead atoms. The molecule has 0 saturated heterocycles. The summed E-state index contributed by atoms with van der Waals surface area (Å²) in [5, 5.41) is 0. The van der Waals surface area contributed by atoms with Gasteiger partial charge in [-0.1, -0.05) is 72.2 Å². The SMILES string of the molecule is C1=Cc2ccccc2C=CB1c1ccccc1. The summed E-state index contributed by atoms with van der Waals surface area (Å²) >= 11 is 0. The van der Waals surface area contributed by atoms with E-state index in [2.05, 4.69) is 78.7 Å². The molecule has 0 aliphatic carbocycles. The largest absolute Gasteiger partial charge is 0.226 e. The molecule has 0 spiro atoms. The van der Waals surface area contributed by atoms with Crippen molar-refractivity contribution in [1.29, 1.82) is 0 Å². The Morgan fingerprint density at radius 1 is 0.588 bits per heavy atom. The van der Waals surface area contributed by atoms with Crippen molar-refractivity contribution in [3.8, 4) is 0 Å². The van der Waals surface area contributed by atoms with Gasteiger partial charge in [-0.2, -0.15) is 0 Å². The highest BCUT2D eigenvalue weighted by molar-refractivity contribution is 6.83. The van der Waals surface area contributed by atoms with Crippen LogP contribution in [0.15, 0.2) is 66.5 Å². The fraction of sp³-hybridized carbons (Fsp3) is 0. The van der Waals surface area contributed by atoms with Crippen LogP contribution < -0.4 is 5.46 Å². The molecule has 0 radical (unpaired) electrons. The molecule has 80 valence electrons. The van der Waals surface area contributed by atoms with Crippen molar-refractivity contribution in [3.63, 3.8) is 0 Å². The maximum Gasteiger partial charge on any atom is 0.226 e. The molecule has 2 aromatic carbocycles. The average Bonchev–Trinajstić information content (AvgIpc) is 2.62. The lowest BCUT2D eigenvalue weighted by Crippen LogP contribution is -2.25. The molecule has 2 aromatic rings. The Balaban J connectivity index is 1.99. The quantitative estimate of drug-likeness (QED) is 0.642. The standard InChI is InChI=1S/C16H13B/c1-2-8-16(9-3-1)17-12-10-14-6-4-5-7-15(14)11-13-17/h1-13H. The van der Waals surface area contributed by atoms with E-state index in [1.54, 1.807) is 0 Å². The van der Waals surface area contributed by atoms with Gasteiger partial charge in [-0.3, -0.25) is 0 Å². The molecule has 0 N–H and O–H groups in total. The molecule has 1 heterocycles. The highest BCUT2D eigenvalue weighted by Gasteiger charge is 2.11. The van der Waals surface area contributed by atoms with Gasteiger partial charge in [0.05, 0.1) is 0 Å². The molecule has 0 saturated carbocycles. The molecule has 0 nitrogen and oxygen atoms in total. The molecule has 0 aromatic heterocycles. The molecule has 0 amide bonds. The van der Waals surface area contributed by atoms with Crippen LogP contribution >= 0.6 is 0 Å². The van der Waals surface area contributed by atoms with Crippen LogP contribution in [0, 0.1) is 0 Å². The van der Waals surface area contributed by atoms with Crippen molar-refractivity contribution in [2.45, 2.75) is 0 Å². The van der Waals surface area contributed by atoms with Crippen molar-refractivity contribution in [2.75, 3.05) is 0 Å². The Hall–Kier alpha value is -2.02. The average molecular weight is 216 g/mol. The molecule has 0 atom stereocenters. The lowest BCUT2D eigenvalue weighted by atomic mass is 9.45. The van der Waals surface area contributed by atoms with Crippen LogP contribution in [0.5, 0.6) is 0 Å². The smallest absolute Gasteiger partial charge is 0.105 e. The molecular weight excluding hydrogens is 203 g/mol. The van der Waals surface area contributed by atoms with Gasteiger partial charge in [0, 0.05) is 0 Å². The molecule has 1 aliphatic heterocycles. The maximum atomic E-state index is 2.26. The van der Waals surface area contributed by atoms with Crippen LogP contribution in [0.1, 0.15) is 11.1 Å². The third-order valence-corrected chi connectivity index (χ3v) is 3.15. The summed E-state index contributed by atoms with van der Waals surface area (Å²) in [5.41, 5.74) is 3.93. The van der Waals surface area contributed by atoms with Crippen molar-refractivity contribution >= 4 is 24.3 Å². The zero-order valence-corrected chi connectivity index (χ0v) is 9.58.